The van der Waals surface area contributed by atoms with E-state index in [4.69, 9.17) is 4.74 Å². The zero-order valence-electron chi connectivity index (χ0n) is 11.3. The van der Waals surface area contributed by atoms with Crippen molar-refractivity contribution in [3.8, 4) is 0 Å². The number of methoxy groups -OCH3 is 1. The lowest BCUT2D eigenvalue weighted by Crippen LogP contribution is -2.38. The average Bonchev–Trinajstić information content (AvgIpc) is 2.37. The van der Waals surface area contributed by atoms with Crippen molar-refractivity contribution in [1.29, 1.82) is 0 Å². The topological polar surface area (TPSA) is 38.3 Å². The van der Waals surface area contributed by atoms with Crippen LogP contribution < -0.4 is 5.32 Å². The number of carbonyl (C=O) groups is 1. The van der Waals surface area contributed by atoms with Crippen molar-refractivity contribution in [2.24, 2.45) is 0 Å². The predicted octanol–water partition coefficient (Wildman–Crippen LogP) is 2.74. The molecule has 100 valence electrons. The summed E-state index contributed by atoms with van der Waals surface area (Å²) in [4.78, 5) is 11.5. The van der Waals surface area contributed by atoms with Crippen LogP contribution in [0.15, 0.2) is 18.2 Å². The second-order valence-corrected chi connectivity index (χ2v) is 4.38. The SMILES string of the molecule is CCC(NC(C)c1ccc(C)c(F)c1)C(=O)OC. The quantitative estimate of drug-likeness (QED) is 0.820. The summed E-state index contributed by atoms with van der Waals surface area (Å²) in [5.41, 5.74) is 1.44. The maximum atomic E-state index is 13.5. The largest absolute Gasteiger partial charge is 0.468 e. The molecule has 3 nitrogen and oxygen atoms in total. The van der Waals surface area contributed by atoms with E-state index >= 15 is 0 Å². The van der Waals surface area contributed by atoms with Crippen molar-refractivity contribution in [3.05, 3.63) is 35.1 Å². The molecule has 1 N–H and O–H groups in total. The van der Waals surface area contributed by atoms with Crippen LogP contribution in [0.5, 0.6) is 0 Å². The van der Waals surface area contributed by atoms with E-state index in [9.17, 15) is 9.18 Å². The molecular weight excluding hydrogens is 233 g/mol. The van der Waals surface area contributed by atoms with E-state index in [-0.39, 0.29) is 23.9 Å². The van der Waals surface area contributed by atoms with E-state index in [1.54, 1.807) is 13.0 Å². The van der Waals surface area contributed by atoms with Gasteiger partial charge in [-0.25, -0.2) is 4.39 Å². The van der Waals surface area contributed by atoms with Crippen LogP contribution in [0.3, 0.4) is 0 Å². The summed E-state index contributed by atoms with van der Waals surface area (Å²) >= 11 is 0. The first-order chi connectivity index (χ1) is 8.49. The minimum Gasteiger partial charge on any atom is -0.468 e. The molecule has 18 heavy (non-hydrogen) atoms. The summed E-state index contributed by atoms with van der Waals surface area (Å²) in [6, 6.07) is 4.62. The molecule has 0 amide bonds. The van der Waals surface area contributed by atoms with Crippen molar-refractivity contribution in [3.63, 3.8) is 0 Å². The molecule has 0 saturated carbocycles. The second-order valence-electron chi connectivity index (χ2n) is 4.38. The van der Waals surface area contributed by atoms with Gasteiger partial charge in [0.15, 0.2) is 0 Å². The Morgan fingerprint density at radius 1 is 1.50 bits per heavy atom. The van der Waals surface area contributed by atoms with Gasteiger partial charge in [-0.2, -0.15) is 0 Å². The molecule has 4 heteroatoms. The summed E-state index contributed by atoms with van der Waals surface area (Å²) in [6.07, 6.45) is 0.630. The van der Waals surface area contributed by atoms with E-state index < -0.39 is 0 Å². The maximum Gasteiger partial charge on any atom is 0.322 e. The minimum atomic E-state index is -0.366. The van der Waals surface area contributed by atoms with Gasteiger partial charge in [-0.1, -0.05) is 19.1 Å². The van der Waals surface area contributed by atoms with Crippen molar-refractivity contribution in [1.82, 2.24) is 5.32 Å². The van der Waals surface area contributed by atoms with Gasteiger partial charge in [0.25, 0.3) is 0 Å². The van der Waals surface area contributed by atoms with E-state index in [2.05, 4.69) is 5.32 Å². The van der Waals surface area contributed by atoms with Gasteiger partial charge in [-0.3, -0.25) is 10.1 Å². The maximum absolute atomic E-state index is 13.5. The Morgan fingerprint density at radius 2 is 2.17 bits per heavy atom. The Balaban J connectivity index is 2.77. The molecule has 0 aliphatic rings. The molecule has 2 atom stereocenters. The molecule has 0 saturated heterocycles. The Bertz CT molecular complexity index is 420. The van der Waals surface area contributed by atoms with Crippen molar-refractivity contribution in [2.45, 2.75) is 39.3 Å². The molecule has 0 fully saturated rings. The average molecular weight is 253 g/mol. The van der Waals surface area contributed by atoms with Gasteiger partial charge < -0.3 is 4.74 Å². The number of nitrogens with one attached hydrogen (secondary N) is 1. The van der Waals surface area contributed by atoms with E-state index in [0.29, 0.717) is 12.0 Å². The number of rotatable bonds is 5. The lowest BCUT2D eigenvalue weighted by Gasteiger charge is -2.20. The third-order valence-corrected chi connectivity index (χ3v) is 3.04. The molecule has 0 bridgehead atoms. The fourth-order valence-corrected chi connectivity index (χ4v) is 1.77. The zero-order chi connectivity index (χ0) is 13.7. The molecule has 1 aromatic rings. The summed E-state index contributed by atoms with van der Waals surface area (Å²) in [6.45, 7) is 5.52. The summed E-state index contributed by atoms with van der Waals surface area (Å²) in [5, 5.41) is 3.14. The normalized spacial score (nSPS) is 14.1. The monoisotopic (exact) mass is 253 g/mol. The molecule has 0 aromatic heterocycles. The number of halogens is 1. The lowest BCUT2D eigenvalue weighted by molar-refractivity contribution is -0.143. The number of aryl methyl sites for hydroxylation is 1. The van der Waals surface area contributed by atoms with Gasteiger partial charge in [0.2, 0.25) is 0 Å². The predicted molar refractivity (Wildman–Crippen MR) is 68.8 cm³/mol. The molecular formula is C14H20FNO2. The van der Waals surface area contributed by atoms with Gasteiger partial charge >= 0.3 is 5.97 Å². The highest BCUT2D eigenvalue weighted by molar-refractivity contribution is 5.75. The van der Waals surface area contributed by atoms with Crippen LogP contribution in [-0.2, 0) is 9.53 Å². The molecule has 0 spiro atoms. The van der Waals surface area contributed by atoms with E-state index in [0.717, 1.165) is 5.56 Å². The second kappa shape index (κ2) is 6.50. The molecule has 0 heterocycles. The number of carbonyl (C=O) groups excluding carboxylic acids is 1. The molecule has 1 aromatic carbocycles. The summed E-state index contributed by atoms with van der Waals surface area (Å²) in [7, 11) is 1.36. The van der Waals surface area contributed by atoms with E-state index in [1.807, 2.05) is 19.9 Å². The van der Waals surface area contributed by atoms with Crippen LogP contribution in [0.25, 0.3) is 0 Å². The fraction of sp³-hybridized carbons (Fsp3) is 0.500. The Kier molecular flexibility index (Phi) is 5.28. The number of hydrogen-bond donors (Lipinski definition) is 1. The van der Waals surface area contributed by atoms with Crippen LogP contribution >= 0.6 is 0 Å². The molecule has 0 aliphatic carbocycles. The van der Waals surface area contributed by atoms with Crippen molar-refractivity contribution < 1.29 is 13.9 Å². The fourth-order valence-electron chi connectivity index (χ4n) is 1.77. The molecule has 0 radical (unpaired) electrons. The third-order valence-electron chi connectivity index (χ3n) is 3.04. The number of ether oxygens (including phenoxy) is 1. The van der Waals surface area contributed by atoms with Crippen LogP contribution in [0.4, 0.5) is 4.39 Å². The third kappa shape index (κ3) is 3.53. The Labute approximate surface area is 107 Å². The van der Waals surface area contributed by atoms with Crippen LogP contribution in [-0.4, -0.2) is 19.1 Å². The van der Waals surface area contributed by atoms with Gasteiger partial charge in [0.05, 0.1) is 7.11 Å². The van der Waals surface area contributed by atoms with Gasteiger partial charge in [-0.15, -0.1) is 0 Å². The lowest BCUT2D eigenvalue weighted by atomic mass is 10.0. The zero-order valence-corrected chi connectivity index (χ0v) is 11.3. The smallest absolute Gasteiger partial charge is 0.322 e. The highest BCUT2D eigenvalue weighted by Crippen LogP contribution is 2.17. The van der Waals surface area contributed by atoms with E-state index in [1.165, 1.54) is 13.2 Å². The summed E-state index contributed by atoms with van der Waals surface area (Å²) < 4.78 is 18.2. The van der Waals surface area contributed by atoms with Crippen molar-refractivity contribution >= 4 is 5.97 Å². The van der Waals surface area contributed by atoms with Crippen LogP contribution in [0, 0.1) is 12.7 Å². The minimum absolute atomic E-state index is 0.107. The highest BCUT2D eigenvalue weighted by Gasteiger charge is 2.19. The number of esters is 1. The van der Waals surface area contributed by atoms with Crippen LogP contribution in [0.1, 0.15) is 37.4 Å². The molecule has 0 aliphatic heterocycles. The first-order valence-corrected chi connectivity index (χ1v) is 6.09. The Hall–Kier alpha value is -1.42. The first kappa shape index (κ1) is 14.6. The number of benzene rings is 1. The van der Waals surface area contributed by atoms with Gasteiger partial charge in [0.1, 0.15) is 11.9 Å². The number of hydrogen-bond acceptors (Lipinski definition) is 3. The summed E-state index contributed by atoms with van der Waals surface area (Å²) in [5.74, 6) is -0.524. The molecule has 2 unspecified atom stereocenters. The highest BCUT2D eigenvalue weighted by atomic mass is 19.1. The first-order valence-electron chi connectivity index (χ1n) is 6.09. The molecule has 1 rings (SSSR count). The van der Waals surface area contributed by atoms with Gasteiger partial charge in [-0.05, 0) is 37.5 Å². The standard InChI is InChI=1S/C14H20FNO2/c1-5-13(14(17)18-4)16-10(3)11-7-6-9(2)12(15)8-11/h6-8,10,13,16H,5H2,1-4H3. The van der Waals surface area contributed by atoms with Crippen molar-refractivity contribution in [2.75, 3.05) is 7.11 Å². The van der Waals surface area contributed by atoms with Gasteiger partial charge in [0, 0.05) is 6.04 Å². The Morgan fingerprint density at radius 3 is 2.67 bits per heavy atom. The van der Waals surface area contributed by atoms with Crippen LogP contribution in [0.2, 0.25) is 0 Å².